The zero-order valence-corrected chi connectivity index (χ0v) is 8.79. The molecular formula is C9H4Cl2N2O2. The summed E-state index contributed by atoms with van der Waals surface area (Å²) in [6, 6.07) is 4.38. The van der Waals surface area contributed by atoms with Crippen molar-refractivity contribution in [1.29, 1.82) is 0 Å². The average Bonchev–Trinajstić information content (AvgIpc) is 2.19. The fraction of sp³-hybridized carbons (Fsp3) is 0. The highest BCUT2D eigenvalue weighted by atomic mass is 35.5. The van der Waals surface area contributed by atoms with Gasteiger partial charge in [-0.25, -0.2) is 4.98 Å². The molecule has 0 N–H and O–H groups in total. The van der Waals surface area contributed by atoms with Crippen LogP contribution >= 0.6 is 23.2 Å². The van der Waals surface area contributed by atoms with Gasteiger partial charge in [0.1, 0.15) is 5.15 Å². The van der Waals surface area contributed by atoms with Gasteiger partial charge in [-0.1, -0.05) is 23.2 Å². The molecule has 1 heterocycles. The number of nitrogens with zero attached hydrogens (tertiary/aromatic N) is 2. The molecular weight excluding hydrogens is 239 g/mol. The molecule has 0 aliphatic carbocycles. The van der Waals surface area contributed by atoms with Crippen LogP contribution in [0.25, 0.3) is 10.8 Å². The Kier molecular flexibility index (Phi) is 2.46. The van der Waals surface area contributed by atoms with Gasteiger partial charge in [-0.2, -0.15) is 0 Å². The lowest BCUT2D eigenvalue weighted by Crippen LogP contribution is -1.91. The van der Waals surface area contributed by atoms with Gasteiger partial charge in [0, 0.05) is 22.7 Å². The lowest BCUT2D eigenvalue weighted by Gasteiger charge is -2.02. The molecule has 0 aliphatic rings. The van der Waals surface area contributed by atoms with Crippen molar-refractivity contribution in [3.05, 3.63) is 44.7 Å². The first-order chi connectivity index (χ1) is 7.11. The summed E-state index contributed by atoms with van der Waals surface area (Å²) < 4.78 is 0. The van der Waals surface area contributed by atoms with Crippen LogP contribution in [0.1, 0.15) is 0 Å². The number of rotatable bonds is 1. The molecule has 0 fully saturated rings. The minimum atomic E-state index is -0.508. The van der Waals surface area contributed by atoms with Gasteiger partial charge in [-0.05, 0) is 12.1 Å². The highest BCUT2D eigenvalue weighted by Gasteiger charge is 2.16. The molecule has 0 spiro atoms. The highest BCUT2D eigenvalue weighted by molar-refractivity contribution is 6.39. The Morgan fingerprint density at radius 2 is 2.00 bits per heavy atom. The number of non-ortho nitro benzene ring substituents is 1. The monoisotopic (exact) mass is 242 g/mol. The number of hydrogen-bond donors (Lipinski definition) is 0. The third-order valence-electron chi connectivity index (χ3n) is 2.00. The van der Waals surface area contributed by atoms with E-state index in [9.17, 15) is 10.1 Å². The largest absolute Gasteiger partial charge is 0.280 e. The van der Waals surface area contributed by atoms with Crippen LogP contribution in [0.4, 0.5) is 5.69 Å². The van der Waals surface area contributed by atoms with Crippen molar-refractivity contribution in [3.63, 3.8) is 0 Å². The standard InChI is InChI=1S/C9H4Cl2N2O2/c10-6-1-2-7(13(14)15)8-5(6)3-4-12-9(8)11/h1-4H. The van der Waals surface area contributed by atoms with Crippen molar-refractivity contribution in [2.75, 3.05) is 0 Å². The van der Waals surface area contributed by atoms with Crippen LogP contribution in [0.3, 0.4) is 0 Å². The SMILES string of the molecule is O=[N+]([O-])c1ccc(Cl)c2ccnc(Cl)c12. The molecule has 0 saturated heterocycles. The fourth-order valence-corrected chi connectivity index (χ4v) is 1.83. The van der Waals surface area contributed by atoms with E-state index in [1.807, 2.05) is 0 Å². The number of nitro benzene ring substituents is 1. The van der Waals surface area contributed by atoms with Crippen LogP contribution in [0.2, 0.25) is 10.2 Å². The maximum Gasteiger partial charge on any atom is 0.280 e. The van der Waals surface area contributed by atoms with Crippen molar-refractivity contribution in [1.82, 2.24) is 4.98 Å². The third-order valence-corrected chi connectivity index (χ3v) is 2.62. The molecule has 1 aromatic heterocycles. The Bertz CT molecular complexity index is 557. The van der Waals surface area contributed by atoms with E-state index in [0.29, 0.717) is 10.4 Å². The van der Waals surface area contributed by atoms with Crippen LogP contribution < -0.4 is 0 Å². The van der Waals surface area contributed by atoms with Crippen LogP contribution in [0.5, 0.6) is 0 Å². The average molecular weight is 243 g/mol. The maximum absolute atomic E-state index is 10.8. The van der Waals surface area contributed by atoms with E-state index < -0.39 is 4.92 Å². The van der Waals surface area contributed by atoms with E-state index in [1.54, 1.807) is 6.07 Å². The Hall–Kier alpha value is -1.39. The normalized spacial score (nSPS) is 10.5. The van der Waals surface area contributed by atoms with E-state index in [1.165, 1.54) is 18.3 Å². The Morgan fingerprint density at radius 3 is 2.67 bits per heavy atom. The van der Waals surface area contributed by atoms with Crippen LogP contribution in [0, 0.1) is 10.1 Å². The van der Waals surface area contributed by atoms with Gasteiger partial charge in [0.25, 0.3) is 5.69 Å². The maximum atomic E-state index is 10.8. The van der Waals surface area contributed by atoms with Gasteiger partial charge >= 0.3 is 0 Å². The molecule has 2 rings (SSSR count). The number of pyridine rings is 1. The molecule has 0 aliphatic heterocycles. The lowest BCUT2D eigenvalue weighted by atomic mass is 10.1. The van der Waals surface area contributed by atoms with Gasteiger partial charge in [-0.15, -0.1) is 0 Å². The zero-order chi connectivity index (χ0) is 11.0. The number of fused-ring (bicyclic) bond motifs is 1. The molecule has 0 bridgehead atoms. The van der Waals surface area contributed by atoms with Gasteiger partial charge in [0.2, 0.25) is 0 Å². The second-order valence-electron chi connectivity index (χ2n) is 2.85. The van der Waals surface area contributed by atoms with Gasteiger partial charge in [0.05, 0.1) is 10.3 Å². The molecule has 2 aromatic rings. The first-order valence-corrected chi connectivity index (χ1v) is 4.74. The molecule has 0 unspecified atom stereocenters. The van der Waals surface area contributed by atoms with Crippen molar-refractivity contribution < 1.29 is 4.92 Å². The molecule has 0 amide bonds. The van der Waals surface area contributed by atoms with Crippen molar-refractivity contribution >= 4 is 39.7 Å². The Labute approximate surface area is 94.6 Å². The lowest BCUT2D eigenvalue weighted by molar-refractivity contribution is -0.383. The van der Waals surface area contributed by atoms with Gasteiger partial charge in [-0.3, -0.25) is 10.1 Å². The van der Waals surface area contributed by atoms with E-state index in [-0.39, 0.29) is 16.2 Å². The van der Waals surface area contributed by atoms with E-state index in [2.05, 4.69) is 4.98 Å². The summed E-state index contributed by atoms with van der Waals surface area (Å²) >= 11 is 11.7. The van der Waals surface area contributed by atoms with Gasteiger partial charge < -0.3 is 0 Å². The first kappa shape index (κ1) is 10.1. The molecule has 0 radical (unpaired) electrons. The number of aromatic nitrogens is 1. The second-order valence-corrected chi connectivity index (χ2v) is 3.61. The van der Waals surface area contributed by atoms with E-state index in [0.717, 1.165) is 0 Å². The summed E-state index contributed by atoms with van der Waals surface area (Å²) in [5.41, 5.74) is -0.0903. The first-order valence-electron chi connectivity index (χ1n) is 3.98. The van der Waals surface area contributed by atoms with Crippen LogP contribution in [0.15, 0.2) is 24.4 Å². The molecule has 4 nitrogen and oxygen atoms in total. The zero-order valence-electron chi connectivity index (χ0n) is 7.28. The Morgan fingerprint density at radius 1 is 1.27 bits per heavy atom. The number of nitro groups is 1. The molecule has 6 heteroatoms. The van der Waals surface area contributed by atoms with Crippen LogP contribution in [-0.4, -0.2) is 9.91 Å². The molecule has 15 heavy (non-hydrogen) atoms. The summed E-state index contributed by atoms with van der Waals surface area (Å²) in [6.45, 7) is 0. The third kappa shape index (κ3) is 1.62. The summed E-state index contributed by atoms with van der Waals surface area (Å²) in [7, 11) is 0. The molecule has 1 aromatic carbocycles. The van der Waals surface area contributed by atoms with Crippen molar-refractivity contribution in [2.45, 2.75) is 0 Å². The summed E-state index contributed by atoms with van der Waals surface area (Å²) in [5.74, 6) is 0. The minimum absolute atomic E-state index is 0.0849. The predicted octanol–water partition coefficient (Wildman–Crippen LogP) is 3.45. The number of halogens is 2. The van der Waals surface area contributed by atoms with Crippen molar-refractivity contribution in [3.8, 4) is 0 Å². The van der Waals surface area contributed by atoms with Crippen molar-refractivity contribution in [2.24, 2.45) is 0 Å². The summed E-state index contributed by atoms with van der Waals surface area (Å²) in [4.78, 5) is 14.0. The van der Waals surface area contributed by atoms with Crippen LogP contribution in [-0.2, 0) is 0 Å². The highest BCUT2D eigenvalue weighted by Crippen LogP contribution is 2.34. The van der Waals surface area contributed by atoms with E-state index >= 15 is 0 Å². The fourth-order valence-electron chi connectivity index (χ4n) is 1.36. The quantitative estimate of drug-likeness (QED) is 0.437. The Balaban J connectivity index is 2.96. The van der Waals surface area contributed by atoms with E-state index in [4.69, 9.17) is 23.2 Å². The topological polar surface area (TPSA) is 56.0 Å². The summed E-state index contributed by atoms with van der Waals surface area (Å²) in [6.07, 6.45) is 1.46. The second kappa shape index (κ2) is 3.64. The molecule has 0 atom stereocenters. The number of hydrogen-bond acceptors (Lipinski definition) is 3. The smallest absolute Gasteiger partial charge is 0.258 e. The molecule has 0 saturated carbocycles. The summed E-state index contributed by atoms with van der Waals surface area (Å²) in [5, 5.41) is 12.1. The minimum Gasteiger partial charge on any atom is -0.258 e. The molecule has 76 valence electrons. The predicted molar refractivity (Wildman–Crippen MR) is 58.4 cm³/mol. The van der Waals surface area contributed by atoms with Gasteiger partial charge in [0.15, 0.2) is 0 Å². The number of benzene rings is 1.